The number of ether oxygens (including phenoxy) is 2. The van der Waals surface area contributed by atoms with Crippen LogP contribution in [0.3, 0.4) is 0 Å². The highest BCUT2D eigenvalue weighted by atomic mass is 32.2. The second-order valence-electron chi connectivity index (χ2n) is 5.31. The van der Waals surface area contributed by atoms with Gasteiger partial charge in [0.15, 0.2) is 0 Å². The molecule has 0 unspecified atom stereocenters. The first-order valence-corrected chi connectivity index (χ1v) is 8.24. The predicted octanol–water partition coefficient (Wildman–Crippen LogP) is 1.70. The average Bonchev–Trinajstić information content (AvgIpc) is 2.87. The molecule has 2 rings (SSSR count). The Balaban J connectivity index is 2.42. The fourth-order valence-corrected chi connectivity index (χ4v) is 4.39. The summed E-state index contributed by atoms with van der Waals surface area (Å²) in [7, 11) is -1.13. The summed E-state index contributed by atoms with van der Waals surface area (Å²) in [4.78, 5) is -0.524. The van der Waals surface area contributed by atoms with Gasteiger partial charge in [-0.05, 0) is 25.0 Å². The lowest BCUT2D eigenvalue weighted by atomic mass is 10.2. The van der Waals surface area contributed by atoms with Gasteiger partial charge in [0.25, 0.3) is 0 Å². The lowest BCUT2D eigenvalue weighted by Crippen LogP contribution is -2.38. The quantitative estimate of drug-likeness (QED) is 0.822. The zero-order valence-electron chi connectivity index (χ0n) is 12.7. The molecule has 0 amide bonds. The van der Waals surface area contributed by atoms with Gasteiger partial charge in [-0.25, -0.2) is 17.2 Å². The number of sulfonamides is 1. The molecule has 1 fully saturated rings. The molecule has 1 heterocycles. The minimum absolute atomic E-state index is 0.0748. The Morgan fingerprint density at radius 2 is 1.95 bits per heavy atom. The van der Waals surface area contributed by atoms with Crippen LogP contribution < -0.4 is 0 Å². The lowest BCUT2D eigenvalue weighted by molar-refractivity contribution is 0.110. The molecule has 22 heavy (non-hydrogen) atoms. The van der Waals surface area contributed by atoms with E-state index in [9.17, 15) is 17.2 Å². The van der Waals surface area contributed by atoms with E-state index in [4.69, 9.17) is 9.47 Å². The molecule has 1 aromatic rings. The smallest absolute Gasteiger partial charge is 0.246 e. The average molecular weight is 335 g/mol. The van der Waals surface area contributed by atoms with Crippen LogP contribution in [0.4, 0.5) is 8.78 Å². The molecule has 0 bridgehead atoms. The number of hydrogen-bond donors (Lipinski definition) is 0. The fraction of sp³-hybridized carbons (Fsp3) is 0.571. The maximum Gasteiger partial charge on any atom is 0.246 e. The van der Waals surface area contributed by atoms with E-state index in [0.29, 0.717) is 12.5 Å². The van der Waals surface area contributed by atoms with Crippen molar-refractivity contribution in [1.82, 2.24) is 4.31 Å². The van der Waals surface area contributed by atoms with Crippen molar-refractivity contribution in [1.29, 1.82) is 0 Å². The Morgan fingerprint density at radius 1 is 1.27 bits per heavy atom. The van der Waals surface area contributed by atoms with Crippen LogP contribution in [-0.2, 0) is 19.5 Å². The first-order chi connectivity index (χ1) is 10.3. The molecule has 5 nitrogen and oxygen atoms in total. The first kappa shape index (κ1) is 17.3. The van der Waals surface area contributed by atoms with E-state index in [-0.39, 0.29) is 24.8 Å². The highest BCUT2D eigenvalue weighted by Gasteiger charge is 2.41. The van der Waals surface area contributed by atoms with E-state index >= 15 is 0 Å². The van der Waals surface area contributed by atoms with Crippen molar-refractivity contribution >= 4 is 10.0 Å². The molecule has 0 spiro atoms. The Kier molecular flexibility index (Phi) is 5.16. The second-order valence-corrected chi connectivity index (χ2v) is 7.17. The number of methoxy groups -OCH3 is 2. The van der Waals surface area contributed by atoms with Gasteiger partial charge in [-0.15, -0.1) is 0 Å². The Labute approximate surface area is 128 Å². The van der Waals surface area contributed by atoms with Crippen molar-refractivity contribution in [2.75, 3.05) is 27.4 Å². The molecule has 0 radical (unpaired) electrons. The van der Waals surface area contributed by atoms with Crippen LogP contribution in [0.15, 0.2) is 17.0 Å². The van der Waals surface area contributed by atoms with Gasteiger partial charge in [0.05, 0.1) is 18.8 Å². The standard InChI is InChI=1S/C14H19F2NO4S/c1-9-4-14(13(16)6-12(9)15)22(18,19)17-7-11(21-3)5-10(17)8-20-2/h4,6,10-11H,5,7-8H2,1-3H3/t10-,11+/m0/s1. The fourth-order valence-electron chi connectivity index (χ4n) is 2.61. The largest absolute Gasteiger partial charge is 0.383 e. The SMILES string of the molecule is COC[C@@H]1C[C@@H](OC)CN1S(=O)(=O)c1cc(C)c(F)cc1F. The number of halogens is 2. The van der Waals surface area contributed by atoms with Crippen LogP contribution >= 0.6 is 0 Å². The zero-order chi connectivity index (χ0) is 16.5. The van der Waals surface area contributed by atoms with E-state index in [1.807, 2.05) is 0 Å². The molecule has 0 aliphatic carbocycles. The Bertz CT molecular complexity index is 650. The van der Waals surface area contributed by atoms with E-state index < -0.39 is 32.6 Å². The van der Waals surface area contributed by atoms with Crippen LogP contribution in [-0.4, -0.2) is 52.2 Å². The summed E-state index contributed by atoms with van der Waals surface area (Å²) < 4.78 is 64.2. The van der Waals surface area contributed by atoms with E-state index in [0.717, 1.165) is 6.07 Å². The summed E-state index contributed by atoms with van der Waals surface area (Å²) in [6.45, 7) is 1.69. The molecule has 8 heteroatoms. The molecular formula is C14H19F2NO4S. The second kappa shape index (κ2) is 6.57. The molecular weight excluding hydrogens is 316 g/mol. The van der Waals surface area contributed by atoms with Gasteiger partial charge in [0, 0.05) is 26.8 Å². The third kappa shape index (κ3) is 3.15. The van der Waals surface area contributed by atoms with Crippen molar-refractivity contribution in [2.24, 2.45) is 0 Å². The molecule has 0 aromatic heterocycles. The normalized spacial score (nSPS) is 23.1. The van der Waals surface area contributed by atoms with Crippen LogP contribution in [0.1, 0.15) is 12.0 Å². The van der Waals surface area contributed by atoms with Gasteiger partial charge >= 0.3 is 0 Å². The number of rotatable bonds is 5. The minimum atomic E-state index is -4.09. The third-order valence-corrected chi connectivity index (χ3v) is 5.75. The van der Waals surface area contributed by atoms with Crippen molar-refractivity contribution in [2.45, 2.75) is 30.4 Å². The predicted molar refractivity (Wildman–Crippen MR) is 76.1 cm³/mol. The molecule has 1 aliphatic heterocycles. The summed E-state index contributed by atoms with van der Waals surface area (Å²) in [5.74, 6) is -1.87. The number of hydrogen-bond acceptors (Lipinski definition) is 4. The molecule has 1 saturated heterocycles. The maximum atomic E-state index is 14.0. The van der Waals surface area contributed by atoms with Crippen molar-refractivity contribution in [3.63, 3.8) is 0 Å². The van der Waals surface area contributed by atoms with Gasteiger partial charge in [-0.1, -0.05) is 0 Å². The van der Waals surface area contributed by atoms with E-state index in [2.05, 4.69) is 0 Å². The third-order valence-electron chi connectivity index (χ3n) is 3.82. The summed E-state index contributed by atoms with van der Waals surface area (Å²) in [5, 5.41) is 0. The molecule has 0 N–H and O–H groups in total. The van der Waals surface area contributed by atoms with Gasteiger partial charge < -0.3 is 9.47 Å². The lowest BCUT2D eigenvalue weighted by Gasteiger charge is -2.23. The molecule has 124 valence electrons. The minimum Gasteiger partial charge on any atom is -0.383 e. The Morgan fingerprint density at radius 3 is 2.55 bits per heavy atom. The molecule has 2 atom stereocenters. The molecule has 0 saturated carbocycles. The zero-order valence-corrected chi connectivity index (χ0v) is 13.5. The molecule has 1 aromatic carbocycles. The van der Waals surface area contributed by atoms with Crippen LogP contribution in [0.25, 0.3) is 0 Å². The maximum absolute atomic E-state index is 14.0. The van der Waals surface area contributed by atoms with Gasteiger partial charge in [-0.2, -0.15) is 4.31 Å². The summed E-state index contributed by atoms with van der Waals surface area (Å²) >= 11 is 0. The van der Waals surface area contributed by atoms with E-state index in [1.165, 1.54) is 25.4 Å². The molecule has 1 aliphatic rings. The highest BCUT2D eigenvalue weighted by Crippen LogP contribution is 2.30. The topological polar surface area (TPSA) is 55.8 Å². The van der Waals surface area contributed by atoms with Crippen molar-refractivity contribution in [3.8, 4) is 0 Å². The monoisotopic (exact) mass is 335 g/mol. The van der Waals surface area contributed by atoms with Crippen LogP contribution in [0.5, 0.6) is 0 Å². The number of aryl methyl sites for hydroxylation is 1. The summed E-state index contributed by atoms with van der Waals surface area (Å²) in [5.41, 5.74) is 0.0748. The van der Waals surface area contributed by atoms with Gasteiger partial charge in [0.2, 0.25) is 10.0 Å². The van der Waals surface area contributed by atoms with Gasteiger partial charge in [-0.3, -0.25) is 0 Å². The number of benzene rings is 1. The van der Waals surface area contributed by atoms with Crippen LogP contribution in [0.2, 0.25) is 0 Å². The van der Waals surface area contributed by atoms with Crippen LogP contribution in [0, 0.1) is 18.6 Å². The first-order valence-electron chi connectivity index (χ1n) is 6.80. The highest BCUT2D eigenvalue weighted by molar-refractivity contribution is 7.89. The van der Waals surface area contributed by atoms with Crippen molar-refractivity contribution < 1.29 is 26.7 Å². The Hall–Kier alpha value is -1.09. The van der Waals surface area contributed by atoms with Gasteiger partial charge in [0.1, 0.15) is 16.5 Å². The number of nitrogens with zero attached hydrogens (tertiary/aromatic N) is 1. The van der Waals surface area contributed by atoms with E-state index in [1.54, 1.807) is 0 Å². The summed E-state index contributed by atoms with van der Waals surface area (Å²) in [6.07, 6.45) is 0.185. The van der Waals surface area contributed by atoms with Crippen molar-refractivity contribution in [3.05, 3.63) is 29.3 Å². The summed E-state index contributed by atoms with van der Waals surface area (Å²) in [6, 6.07) is 1.17.